The van der Waals surface area contributed by atoms with Crippen LogP contribution in [-0.2, 0) is 0 Å². The van der Waals surface area contributed by atoms with Crippen LogP contribution in [0.15, 0.2) is 18.2 Å². The van der Waals surface area contributed by atoms with Crippen LogP contribution in [0.1, 0.15) is 37.0 Å². The lowest BCUT2D eigenvalue weighted by Gasteiger charge is -2.21. The summed E-state index contributed by atoms with van der Waals surface area (Å²) >= 11 is 6.16. The summed E-state index contributed by atoms with van der Waals surface area (Å²) in [5.74, 6) is 0.877. The Balaban J connectivity index is 2.12. The van der Waals surface area contributed by atoms with Gasteiger partial charge in [-0.3, -0.25) is 4.79 Å². The van der Waals surface area contributed by atoms with Gasteiger partial charge in [-0.25, -0.2) is 0 Å². The smallest absolute Gasteiger partial charge is 0.167 e. The molecule has 104 valence electrons. The van der Waals surface area contributed by atoms with E-state index in [-0.39, 0.29) is 17.8 Å². The molecule has 0 saturated carbocycles. The molecule has 1 heterocycles. The van der Waals surface area contributed by atoms with Crippen molar-refractivity contribution in [3.8, 4) is 5.75 Å². The van der Waals surface area contributed by atoms with Crippen molar-refractivity contribution in [1.29, 1.82) is 0 Å². The van der Waals surface area contributed by atoms with Crippen molar-refractivity contribution in [2.45, 2.75) is 32.8 Å². The van der Waals surface area contributed by atoms with E-state index < -0.39 is 0 Å². The van der Waals surface area contributed by atoms with E-state index in [0.717, 1.165) is 25.9 Å². The fourth-order valence-corrected chi connectivity index (χ4v) is 2.54. The summed E-state index contributed by atoms with van der Waals surface area (Å²) in [7, 11) is 0. The number of hydrogen-bond donors (Lipinski definition) is 1. The second kappa shape index (κ2) is 6.40. The zero-order chi connectivity index (χ0) is 13.8. The summed E-state index contributed by atoms with van der Waals surface area (Å²) in [6.45, 7) is 5.67. The molecule has 1 unspecified atom stereocenters. The zero-order valence-corrected chi connectivity index (χ0v) is 12.2. The van der Waals surface area contributed by atoms with Gasteiger partial charge in [0.1, 0.15) is 5.75 Å². The van der Waals surface area contributed by atoms with Crippen LogP contribution in [0.25, 0.3) is 0 Å². The summed E-state index contributed by atoms with van der Waals surface area (Å²) in [6, 6.07) is 5.31. The molecule has 0 bridgehead atoms. The Morgan fingerprint density at radius 2 is 2.26 bits per heavy atom. The first-order valence-corrected chi connectivity index (χ1v) is 7.17. The number of benzene rings is 1. The number of Topliss-reactive ketones (excluding diaryl/α,β-unsaturated/α-hetero) is 1. The number of carbonyl (C=O) groups is 1. The van der Waals surface area contributed by atoms with Gasteiger partial charge in [0.2, 0.25) is 0 Å². The van der Waals surface area contributed by atoms with Gasteiger partial charge in [-0.1, -0.05) is 11.6 Å². The van der Waals surface area contributed by atoms with E-state index in [1.165, 1.54) is 0 Å². The SMILES string of the molecule is CC(C)Oc1ccc(C(=O)C2CCCNC2)cc1Cl. The van der Waals surface area contributed by atoms with E-state index in [4.69, 9.17) is 16.3 Å². The van der Waals surface area contributed by atoms with Crippen molar-refractivity contribution in [2.75, 3.05) is 13.1 Å². The van der Waals surface area contributed by atoms with E-state index in [1.54, 1.807) is 18.2 Å². The highest BCUT2D eigenvalue weighted by atomic mass is 35.5. The van der Waals surface area contributed by atoms with E-state index in [0.29, 0.717) is 16.3 Å². The second-order valence-corrected chi connectivity index (χ2v) is 5.63. The Bertz CT molecular complexity index is 453. The number of ketones is 1. The molecule has 1 N–H and O–H groups in total. The minimum absolute atomic E-state index is 0.0709. The Labute approximate surface area is 119 Å². The molecule has 0 aromatic heterocycles. The van der Waals surface area contributed by atoms with E-state index in [9.17, 15) is 4.79 Å². The first-order valence-electron chi connectivity index (χ1n) is 6.79. The molecule has 1 saturated heterocycles. The first kappa shape index (κ1) is 14.4. The van der Waals surface area contributed by atoms with Crippen molar-refractivity contribution < 1.29 is 9.53 Å². The van der Waals surface area contributed by atoms with Crippen LogP contribution in [0.2, 0.25) is 5.02 Å². The van der Waals surface area contributed by atoms with Crippen LogP contribution in [-0.4, -0.2) is 25.0 Å². The number of ether oxygens (including phenoxy) is 1. The Kier molecular flexibility index (Phi) is 4.83. The predicted octanol–water partition coefficient (Wildman–Crippen LogP) is 3.31. The van der Waals surface area contributed by atoms with Crippen LogP contribution >= 0.6 is 11.6 Å². The molecule has 0 spiro atoms. The average Bonchev–Trinajstić information content (AvgIpc) is 2.41. The number of rotatable bonds is 4. The molecule has 1 aromatic rings. The van der Waals surface area contributed by atoms with Gasteiger partial charge in [-0.15, -0.1) is 0 Å². The van der Waals surface area contributed by atoms with E-state index in [1.807, 2.05) is 13.8 Å². The molecule has 3 nitrogen and oxygen atoms in total. The quantitative estimate of drug-likeness (QED) is 0.861. The number of hydrogen-bond acceptors (Lipinski definition) is 3. The molecule has 0 aliphatic carbocycles. The van der Waals surface area contributed by atoms with E-state index in [2.05, 4.69) is 5.32 Å². The molecular formula is C15H20ClNO2. The van der Waals surface area contributed by atoms with Crippen LogP contribution in [0.3, 0.4) is 0 Å². The maximum absolute atomic E-state index is 12.3. The summed E-state index contributed by atoms with van der Waals surface area (Å²) in [5, 5.41) is 3.76. The molecule has 1 aliphatic rings. The minimum Gasteiger partial charge on any atom is -0.489 e. The second-order valence-electron chi connectivity index (χ2n) is 5.22. The van der Waals surface area contributed by atoms with Crippen LogP contribution in [0, 0.1) is 5.92 Å². The molecular weight excluding hydrogens is 262 g/mol. The Hall–Kier alpha value is -1.06. The normalized spacial score (nSPS) is 19.5. The van der Waals surface area contributed by atoms with Gasteiger partial charge < -0.3 is 10.1 Å². The summed E-state index contributed by atoms with van der Waals surface area (Å²) in [6.07, 6.45) is 2.08. The molecule has 1 aliphatic heterocycles. The molecule has 2 rings (SSSR count). The molecule has 0 radical (unpaired) electrons. The lowest BCUT2D eigenvalue weighted by Crippen LogP contribution is -2.34. The highest BCUT2D eigenvalue weighted by Gasteiger charge is 2.22. The largest absolute Gasteiger partial charge is 0.489 e. The van der Waals surface area contributed by atoms with Crippen LogP contribution in [0.4, 0.5) is 0 Å². The van der Waals surface area contributed by atoms with Gasteiger partial charge in [0, 0.05) is 18.0 Å². The monoisotopic (exact) mass is 281 g/mol. The van der Waals surface area contributed by atoms with Crippen LogP contribution in [0.5, 0.6) is 5.75 Å². The summed E-state index contributed by atoms with van der Waals surface area (Å²) in [5.41, 5.74) is 0.676. The Morgan fingerprint density at radius 3 is 2.84 bits per heavy atom. The highest BCUT2D eigenvalue weighted by Crippen LogP contribution is 2.28. The maximum Gasteiger partial charge on any atom is 0.167 e. The average molecular weight is 282 g/mol. The predicted molar refractivity (Wildman–Crippen MR) is 77.1 cm³/mol. The van der Waals surface area contributed by atoms with Gasteiger partial charge in [-0.2, -0.15) is 0 Å². The van der Waals surface area contributed by atoms with Gasteiger partial charge in [0.05, 0.1) is 11.1 Å². The number of carbonyl (C=O) groups excluding carboxylic acids is 1. The third-order valence-electron chi connectivity index (χ3n) is 3.25. The third kappa shape index (κ3) is 3.71. The molecule has 1 aromatic carbocycles. The third-order valence-corrected chi connectivity index (χ3v) is 3.54. The molecule has 0 amide bonds. The van der Waals surface area contributed by atoms with Crippen LogP contribution < -0.4 is 10.1 Å². The van der Waals surface area contributed by atoms with Gasteiger partial charge >= 0.3 is 0 Å². The molecule has 1 fully saturated rings. The standard InChI is InChI=1S/C15H20ClNO2/c1-10(2)19-14-6-5-11(8-13(14)16)15(18)12-4-3-7-17-9-12/h5-6,8,10,12,17H,3-4,7,9H2,1-2H3. The fraction of sp³-hybridized carbons (Fsp3) is 0.533. The lowest BCUT2D eigenvalue weighted by molar-refractivity contribution is 0.0899. The lowest BCUT2D eigenvalue weighted by atomic mass is 9.91. The molecule has 1 atom stereocenters. The first-order chi connectivity index (χ1) is 9.08. The van der Waals surface area contributed by atoms with Gasteiger partial charge in [0.25, 0.3) is 0 Å². The number of halogens is 1. The van der Waals surface area contributed by atoms with Crippen molar-refractivity contribution in [1.82, 2.24) is 5.32 Å². The van der Waals surface area contributed by atoms with Crippen molar-refractivity contribution in [3.63, 3.8) is 0 Å². The van der Waals surface area contributed by atoms with Gasteiger partial charge in [0.15, 0.2) is 5.78 Å². The fourth-order valence-electron chi connectivity index (χ4n) is 2.31. The van der Waals surface area contributed by atoms with Crippen molar-refractivity contribution in [2.24, 2.45) is 5.92 Å². The zero-order valence-electron chi connectivity index (χ0n) is 11.4. The Morgan fingerprint density at radius 1 is 1.47 bits per heavy atom. The summed E-state index contributed by atoms with van der Waals surface area (Å²) < 4.78 is 5.57. The maximum atomic E-state index is 12.3. The highest BCUT2D eigenvalue weighted by molar-refractivity contribution is 6.32. The van der Waals surface area contributed by atoms with Crippen molar-refractivity contribution in [3.05, 3.63) is 28.8 Å². The number of piperidine rings is 1. The van der Waals surface area contributed by atoms with Crippen molar-refractivity contribution >= 4 is 17.4 Å². The van der Waals surface area contributed by atoms with E-state index >= 15 is 0 Å². The molecule has 4 heteroatoms. The minimum atomic E-state index is 0.0709. The van der Waals surface area contributed by atoms with Gasteiger partial charge in [-0.05, 0) is 51.4 Å². The number of nitrogens with one attached hydrogen (secondary N) is 1. The summed E-state index contributed by atoms with van der Waals surface area (Å²) in [4.78, 5) is 12.3. The topological polar surface area (TPSA) is 38.3 Å². The molecule has 19 heavy (non-hydrogen) atoms.